The van der Waals surface area contributed by atoms with Crippen molar-refractivity contribution in [2.24, 2.45) is 0 Å². The topological polar surface area (TPSA) is 65.3 Å². The molecule has 3 unspecified atom stereocenters. The molecule has 3 rings (SSSR count). The fourth-order valence-electron chi connectivity index (χ4n) is 1.10. The molecule has 0 aromatic heterocycles. The van der Waals surface area contributed by atoms with E-state index in [2.05, 4.69) is 0 Å². The lowest BCUT2D eigenvalue weighted by Gasteiger charge is -2.01. The second-order valence-electron chi connectivity index (χ2n) is 4.18. The Bertz CT molecular complexity index is 191. The van der Waals surface area contributed by atoms with E-state index in [1.165, 1.54) is 0 Å². The zero-order valence-electron chi connectivity index (χ0n) is 10.1. The minimum atomic E-state index is 0.329. The zero-order chi connectivity index (χ0) is 11.9. The van der Waals surface area contributed by atoms with Crippen molar-refractivity contribution >= 4 is 10.5 Å². The summed E-state index contributed by atoms with van der Waals surface area (Å²) in [6, 6.07) is 0. The van der Waals surface area contributed by atoms with E-state index in [0.29, 0.717) is 38.3 Å². The Labute approximate surface area is 104 Å². The summed E-state index contributed by atoms with van der Waals surface area (Å²) < 4.78 is 29.9. The van der Waals surface area contributed by atoms with Gasteiger partial charge in [0.1, 0.15) is 35.6 Å². The second kappa shape index (κ2) is 7.42. The van der Waals surface area contributed by atoms with Gasteiger partial charge in [0.25, 0.3) is 0 Å². The van der Waals surface area contributed by atoms with Gasteiger partial charge >= 0.3 is 0 Å². The van der Waals surface area contributed by atoms with Crippen molar-refractivity contribution in [1.29, 1.82) is 0 Å². The maximum Gasteiger partial charge on any atom is 0.146 e. The van der Waals surface area contributed by atoms with Gasteiger partial charge in [-0.15, -0.1) is 0 Å². The molecule has 3 aliphatic rings. The van der Waals surface area contributed by atoms with E-state index in [0.717, 1.165) is 36.9 Å². The van der Waals surface area contributed by atoms with Crippen LogP contribution in [0.1, 0.15) is 0 Å². The van der Waals surface area contributed by atoms with Crippen LogP contribution in [0.15, 0.2) is 0 Å². The summed E-state index contributed by atoms with van der Waals surface area (Å²) in [6.45, 7) is 5.10. The van der Waals surface area contributed by atoms with Gasteiger partial charge in [-0.3, -0.25) is 0 Å². The lowest BCUT2D eigenvalue weighted by Crippen LogP contribution is -2.08. The van der Waals surface area contributed by atoms with Gasteiger partial charge in [0.05, 0.1) is 39.6 Å². The number of hydrogen-bond acceptors (Lipinski definition) is 6. The van der Waals surface area contributed by atoms with Gasteiger partial charge in [0.15, 0.2) is 0 Å². The van der Waals surface area contributed by atoms with E-state index in [1.54, 1.807) is 0 Å². The smallest absolute Gasteiger partial charge is 0.146 e. The van der Waals surface area contributed by atoms with Crippen LogP contribution in [-0.4, -0.2) is 75.2 Å². The van der Waals surface area contributed by atoms with E-state index in [1.807, 2.05) is 0 Å². The minimum Gasteiger partial charge on any atom is -0.425 e. The molecule has 0 N–H and O–H groups in total. The van der Waals surface area contributed by atoms with E-state index in [9.17, 15) is 0 Å². The maximum absolute atomic E-state index is 5.13. The fourth-order valence-corrected chi connectivity index (χ4v) is 1.47. The highest BCUT2D eigenvalue weighted by atomic mass is 28.2. The lowest BCUT2D eigenvalue weighted by molar-refractivity contribution is -0.0611. The molecule has 100 valence electrons. The molecular formula is C10H20O6Si. The predicted molar refractivity (Wildman–Crippen MR) is 61.9 cm³/mol. The number of epoxide rings is 3. The van der Waals surface area contributed by atoms with Crippen LogP contribution in [0.3, 0.4) is 0 Å². The summed E-state index contributed by atoms with van der Waals surface area (Å²) in [5, 5.41) is 0. The first kappa shape index (κ1) is 13.4. The highest BCUT2D eigenvalue weighted by molar-refractivity contribution is 5.97. The van der Waals surface area contributed by atoms with Crippen LogP contribution >= 0.6 is 0 Å². The molecule has 17 heavy (non-hydrogen) atoms. The van der Waals surface area contributed by atoms with Crippen molar-refractivity contribution in [3.8, 4) is 0 Å². The fraction of sp³-hybridized carbons (Fsp3) is 1.00. The van der Waals surface area contributed by atoms with Crippen LogP contribution in [0.4, 0.5) is 0 Å². The Morgan fingerprint density at radius 2 is 1.24 bits per heavy atom. The van der Waals surface area contributed by atoms with Crippen LogP contribution < -0.4 is 0 Å². The van der Waals surface area contributed by atoms with Crippen molar-refractivity contribution in [2.45, 2.75) is 18.3 Å². The number of hydrogen-bond donors (Lipinski definition) is 0. The third-order valence-corrected chi connectivity index (χ3v) is 2.67. The first-order valence-corrected chi connectivity index (χ1v) is 6.69. The molecule has 3 saturated heterocycles. The third-order valence-electron chi connectivity index (χ3n) is 2.33. The van der Waals surface area contributed by atoms with Crippen molar-refractivity contribution < 1.29 is 28.1 Å². The molecule has 3 fully saturated rings. The molecule has 0 spiro atoms. The molecule has 0 aliphatic carbocycles. The number of rotatable bonds is 8. The van der Waals surface area contributed by atoms with Gasteiger partial charge in [-0.05, 0) is 0 Å². The Balaban J connectivity index is 0.000000153. The molecule has 7 heteroatoms. The molecule has 6 nitrogen and oxygen atoms in total. The molecule has 3 aliphatic heterocycles. The predicted octanol–water partition coefficient (Wildman–Crippen LogP) is -1.54. The average Bonchev–Trinajstić information content (AvgIpc) is 3.10. The van der Waals surface area contributed by atoms with Gasteiger partial charge in [-0.25, -0.2) is 0 Å². The standard InChI is InChI=1S/C7H12O4.C3H8O2Si/c1(6-3-10-6)8-5-9-2-7-4-11-7;6-5-2-3-1-4-3/h6-7H,1-5H2;3H,1-2H2,6H3. The van der Waals surface area contributed by atoms with E-state index >= 15 is 0 Å². The van der Waals surface area contributed by atoms with Crippen LogP contribution in [0.5, 0.6) is 0 Å². The minimum absolute atomic E-state index is 0.329. The van der Waals surface area contributed by atoms with Gasteiger partial charge in [0.2, 0.25) is 0 Å². The third kappa shape index (κ3) is 7.82. The molecule has 0 aromatic carbocycles. The van der Waals surface area contributed by atoms with Gasteiger partial charge in [-0.2, -0.15) is 0 Å². The summed E-state index contributed by atoms with van der Waals surface area (Å²) in [5.74, 6) is 0. The monoisotopic (exact) mass is 264 g/mol. The van der Waals surface area contributed by atoms with Crippen LogP contribution in [-0.2, 0) is 28.1 Å². The van der Waals surface area contributed by atoms with Crippen LogP contribution in [0.2, 0.25) is 0 Å². The lowest BCUT2D eigenvalue weighted by atomic mass is 10.5. The van der Waals surface area contributed by atoms with Crippen LogP contribution in [0.25, 0.3) is 0 Å². The molecule has 0 saturated carbocycles. The van der Waals surface area contributed by atoms with Gasteiger partial charge in [0, 0.05) is 0 Å². The maximum atomic E-state index is 5.13. The summed E-state index contributed by atoms with van der Waals surface area (Å²) in [4.78, 5) is 0. The SMILES string of the molecule is C(OCC1CO1)OCC1CO1.[SiH3]OCC1CO1. The summed E-state index contributed by atoms with van der Waals surface area (Å²) >= 11 is 0. The van der Waals surface area contributed by atoms with E-state index < -0.39 is 0 Å². The van der Waals surface area contributed by atoms with Crippen molar-refractivity contribution in [3.05, 3.63) is 0 Å². The average molecular weight is 264 g/mol. The van der Waals surface area contributed by atoms with Crippen molar-refractivity contribution in [3.63, 3.8) is 0 Å². The largest absolute Gasteiger partial charge is 0.425 e. The second-order valence-corrected chi connectivity index (χ2v) is 4.76. The molecule has 0 radical (unpaired) electrons. The highest BCUT2D eigenvalue weighted by Crippen LogP contribution is 2.10. The summed E-state index contributed by atoms with van der Waals surface area (Å²) in [7, 11) is 0.847. The molecule has 3 heterocycles. The Morgan fingerprint density at radius 1 is 0.824 bits per heavy atom. The van der Waals surface area contributed by atoms with Crippen molar-refractivity contribution in [2.75, 3.05) is 46.4 Å². The van der Waals surface area contributed by atoms with Gasteiger partial charge in [-0.1, -0.05) is 0 Å². The molecule has 0 bridgehead atoms. The molecule has 3 atom stereocenters. The van der Waals surface area contributed by atoms with Crippen molar-refractivity contribution in [1.82, 2.24) is 0 Å². The van der Waals surface area contributed by atoms with Gasteiger partial charge < -0.3 is 28.1 Å². The normalized spacial score (nSPS) is 32.8. The highest BCUT2D eigenvalue weighted by Gasteiger charge is 2.24. The van der Waals surface area contributed by atoms with E-state index in [-0.39, 0.29) is 0 Å². The zero-order valence-corrected chi connectivity index (χ0v) is 12.1. The molecule has 0 amide bonds. The Kier molecular flexibility index (Phi) is 5.85. The first-order valence-electron chi connectivity index (χ1n) is 5.87. The Morgan fingerprint density at radius 3 is 1.53 bits per heavy atom. The Hall–Kier alpha value is -0.0231. The quantitative estimate of drug-likeness (QED) is 0.229. The summed E-state index contributed by atoms with van der Waals surface area (Å²) in [6.07, 6.45) is 1.12. The van der Waals surface area contributed by atoms with Crippen LogP contribution in [0, 0.1) is 0 Å². The summed E-state index contributed by atoms with van der Waals surface area (Å²) in [5.41, 5.74) is 0. The number of ether oxygens (including phenoxy) is 5. The first-order chi connectivity index (χ1) is 8.38. The molecule has 0 aromatic rings. The van der Waals surface area contributed by atoms with E-state index in [4.69, 9.17) is 28.1 Å². The molecular weight excluding hydrogens is 244 g/mol.